The molecule has 8 heteroatoms. The number of ether oxygens (including phenoxy) is 1. The summed E-state index contributed by atoms with van der Waals surface area (Å²) in [4.78, 5) is 30.6. The molecule has 4 aromatic rings. The van der Waals surface area contributed by atoms with Gasteiger partial charge in [0.15, 0.2) is 12.4 Å². The van der Waals surface area contributed by atoms with Crippen molar-refractivity contribution in [3.8, 4) is 10.4 Å². The fourth-order valence-corrected chi connectivity index (χ4v) is 3.63. The van der Waals surface area contributed by atoms with E-state index in [-0.39, 0.29) is 18.7 Å². The minimum atomic E-state index is -0.550. The van der Waals surface area contributed by atoms with E-state index in [1.807, 2.05) is 36.4 Å². The molecule has 4 rings (SSSR count). The first kappa shape index (κ1) is 17.2. The molecule has 0 aliphatic carbocycles. The summed E-state index contributed by atoms with van der Waals surface area (Å²) in [5.41, 5.74) is 1.46. The molecule has 1 aromatic carbocycles. The molecule has 0 amide bonds. The van der Waals surface area contributed by atoms with Gasteiger partial charge in [-0.05, 0) is 18.6 Å². The van der Waals surface area contributed by atoms with Crippen molar-refractivity contribution in [2.45, 2.75) is 20.1 Å². The lowest BCUT2D eigenvalue weighted by atomic mass is 10.2. The summed E-state index contributed by atoms with van der Waals surface area (Å²) in [6, 6.07) is 13.3. The SMILES string of the molecule is Cc1cc(COC(=O)Cn2cnc3sc(-c4ccccc4)cc3c2=O)on1. The number of benzene rings is 1. The molecule has 27 heavy (non-hydrogen) atoms. The van der Waals surface area contributed by atoms with Crippen LogP contribution in [-0.2, 0) is 22.7 Å². The first-order valence-electron chi connectivity index (χ1n) is 8.22. The molecule has 0 saturated carbocycles. The van der Waals surface area contributed by atoms with Crippen LogP contribution in [0.2, 0.25) is 0 Å². The van der Waals surface area contributed by atoms with Gasteiger partial charge in [-0.3, -0.25) is 14.2 Å². The van der Waals surface area contributed by atoms with E-state index in [1.54, 1.807) is 13.0 Å². The number of nitrogens with zero attached hydrogens (tertiary/aromatic N) is 3. The summed E-state index contributed by atoms with van der Waals surface area (Å²) in [6.07, 6.45) is 1.37. The predicted molar refractivity (Wildman–Crippen MR) is 100 cm³/mol. The average molecular weight is 381 g/mol. The minimum Gasteiger partial charge on any atom is -0.456 e. The van der Waals surface area contributed by atoms with Gasteiger partial charge in [0.25, 0.3) is 5.56 Å². The molecule has 3 aromatic heterocycles. The van der Waals surface area contributed by atoms with Crippen LogP contribution < -0.4 is 5.56 Å². The van der Waals surface area contributed by atoms with Crippen LogP contribution in [0, 0.1) is 6.92 Å². The Kier molecular flexibility index (Phi) is 4.55. The van der Waals surface area contributed by atoms with Gasteiger partial charge in [0.05, 0.1) is 17.4 Å². The first-order valence-corrected chi connectivity index (χ1v) is 9.04. The van der Waals surface area contributed by atoms with E-state index < -0.39 is 5.97 Å². The summed E-state index contributed by atoms with van der Waals surface area (Å²) in [7, 11) is 0. The Morgan fingerprint density at radius 2 is 2.07 bits per heavy atom. The fourth-order valence-electron chi connectivity index (χ4n) is 2.64. The number of fused-ring (bicyclic) bond motifs is 1. The number of hydrogen-bond donors (Lipinski definition) is 0. The van der Waals surface area contributed by atoms with Crippen molar-refractivity contribution >= 4 is 27.5 Å². The third kappa shape index (κ3) is 3.65. The smallest absolute Gasteiger partial charge is 0.326 e. The summed E-state index contributed by atoms with van der Waals surface area (Å²) in [5, 5.41) is 4.21. The third-order valence-electron chi connectivity index (χ3n) is 3.93. The van der Waals surface area contributed by atoms with Crippen LogP contribution in [0.25, 0.3) is 20.7 Å². The maximum atomic E-state index is 12.7. The second-order valence-electron chi connectivity index (χ2n) is 5.97. The van der Waals surface area contributed by atoms with Gasteiger partial charge >= 0.3 is 5.97 Å². The van der Waals surface area contributed by atoms with E-state index in [2.05, 4.69) is 10.1 Å². The number of hydrogen-bond acceptors (Lipinski definition) is 7. The maximum absolute atomic E-state index is 12.7. The number of carbonyl (C=O) groups is 1. The van der Waals surface area contributed by atoms with Crippen molar-refractivity contribution in [3.63, 3.8) is 0 Å². The molecule has 0 spiro atoms. The van der Waals surface area contributed by atoms with E-state index in [4.69, 9.17) is 9.26 Å². The van der Waals surface area contributed by atoms with Crippen LogP contribution in [0.15, 0.2) is 58.1 Å². The Hall–Kier alpha value is -3.26. The van der Waals surface area contributed by atoms with Gasteiger partial charge in [-0.2, -0.15) is 0 Å². The normalized spacial score (nSPS) is 11.0. The van der Waals surface area contributed by atoms with Crippen molar-refractivity contribution in [3.05, 3.63) is 70.6 Å². The van der Waals surface area contributed by atoms with Crippen LogP contribution in [0.1, 0.15) is 11.5 Å². The van der Waals surface area contributed by atoms with Crippen molar-refractivity contribution < 1.29 is 14.1 Å². The number of aryl methyl sites for hydroxylation is 1. The van der Waals surface area contributed by atoms with E-state index in [1.165, 1.54) is 22.2 Å². The van der Waals surface area contributed by atoms with Crippen molar-refractivity contribution in [1.29, 1.82) is 0 Å². The molecule has 0 radical (unpaired) electrons. The highest BCUT2D eigenvalue weighted by atomic mass is 32.1. The highest BCUT2D eigenvalue weighted by Gasteiger charge is 2.13. The van der Waals surface area contributed by atoms with Crippen LogP contribution in [-0.4, -0.2) is 20.7 Å². The highest BCUT2D eigenvalue weighted by molar-refractivity contribution is 7.21. The van der Waals surface area contributed by atoms with Gasteiger partial charge in [-0.1, -0.05) is 35.5 Å². The van der Waals surface area contributed by atoms with Crippen LogP contribution >= 0.6 is 11.3 Å². The zero-order valence-electron chi connectivity index (χ0n) is 14.4. The first-order chi connectivity index (χ1) is 13.1. The topological polar surface area (TPSA) is 87.2 Å². The molecule has 0 atom stereocenters. The molecule has 0 aliphatic heterocycles. The Balaban J connectivity index is 1.53. The lowest BCUT2D eigenvalue weighted by Crippen LogP contribution is -2.25. The molecule has 3 heterocycles. The van der Waals surface area contributed by atoms with Crippen LogP contribution in [0.4, 0.5) is 0 Å². The molecular weight excluding hydrogens is 366 g/mol. The van der Waals surface area contributed by atoms with Gasteiger partial charge in [-0.15, -0.1) is 11.3 Å². The largest absolute Gasteiger partial charge is 0.456 e. The van der Waals surface area contributed by atoms with Gasteiger partial charge in [0, 0.05) is 10.9 Å². The molecule has 136 valence electrons. The molecule has 0 bridgehead atoms. The number of rotatable bonds is 5. The molecule has 0 N–H and O–H groups in total. The second kappa shape index (κ2) is 7.16. The van der Waals surface area contributed by atoms with E-state index in [0.717, 1.165) is 10.4 Å². The standard InChI is InChI=1S/C19H15N3O4S/c1-12-7-14(26-21-12)10-25-17(23)9-22-11-20-18-15(19(22)24)8-16(27-18)13-5-3-2-4-6-13/h2-8,11H,9-10H2,1H3. The fraction of sp³-hybridized carbons (Fsp3) is 0.158. The predicted octanol–water partition coefficient (Wildman–Crippen LogP) is 3.16. The third-order valence-corrected chi connectivity index (χ3v) is 5.02. The number of thiophene rings is 1. The average Bonchev–Trinajstić information content (AvgIpc) is 3.30. The van der Waals surface area contributed by atoms with Gasteiger partial charge in [0.1, 0.15) is 11.4 Å². The van der Waals surface area contributed by atoms with E-state index in [0.29, 0.717) is 21.7 Å². The number of esters is 1. The van der Waals surface area contributed by atoms with Gasteiger partial charge in [0.2, 0.25) is 0 Å². The van der Waals surface area contributed by atoms with E-state index >= 15 is 0 Å². The minimum absolute atomic E-state index is 0.0271. The quantitative estimate of drug-likeness (QED) is 0.494. The Bertz CT molecular complexity index is 1160. The monoisotopic (exact) mass is 381 g/mol. The highest BCUT2D eigenvalue weighted by Crippen LogP contribution is 2.30. The second-order valence-corrected chi connectivity index (χ2v) is 7.00. The van der Waals surface area contributed by atoms with E-state index in [9.17, 15) is 9.59 Å². The zero-order chi connectivity index (χ0) is 18.8. The van der Waals surface area contributed by atoms with Gasteiger partial charge in [-0.25, -0.2) is 4.98 Å². The Labute approximate surface area is 157 Å². The summed E-state index contributed by atoms with van der Waals surface area (Å²) < 4.78 is 11.4. The molecule has 0 aliphatic rings. The molecule has 0 saturated heterocycles. The Morgan fingerprint density at radius 1 is 1.26 bits per heavy atom. The zero-order valence-corrected chi connectivity index (χ0v) is 15.2. The van der Waals surface area contributed by atoms with Crippen LogP contribution in [0.3, 0.4) is 0 Å². The summed E-state index contributed by atoms with van der Waals surface area (Å²) in [6.45, 7) is 1.53. The summed E-state index contributed by atoms with van der Waals surface area (Å²) >= 11 is 1.44. The molecule has 7 nitrogen and oxygen atoms in total. The van der Waals surface area contributed by atoms with Gasteiger partial charge < -0.3 is 9.26 Å². The molecular formula is C19H15N3O4S. The Morgan fingerprint density at radius 3 is 2.81 bits per heavy atom. The van der Waals surface area contributed by atoms with Crippen molar-refractivity contribution in [2.24, 2.45) is 0 Å². The lowest BCUT2D eigenvalue weighted by Gasteiger charge is -2.05. The van der Waals surface area contributed by atoms with Crippen LogP contribution in [0.5, 0.6) is 0 Å². The van der Waals surface area contributed by atoms with Crippen molar-refractivity contribution in [1.82, 2.24) is 14.7 Å². The summed E-state index contributed by atoms with van der Waals surface area (Å²) in [5.74, 6) is -0.0991. The number of carbonyl (C=O) groups excluding carboxylic acids is 1. The van der Waals surface area contributed by atoms with Crippen molar-refractivity contribution in [2.75, 3.05) is 0 Å². The lowest BCUT2D eigenvalue weighted by molar-refractivity contribution is -0.146. The maximum Gasteiger partial charge on any atom is 0.326 e. The molecule has 0 fully saturated rings. The number of aromatic nitrogens is 3. The molecule has 0 unspecified atom stereocenters.